The summed E-state index contributed by atoms with van der Waals surface area (Å²) in [5, 5.41) is 12.6. The highest BCUT2D eigenvalue weighted by molar-refractivity contribution is 6.15. The van der Waals surface area contributed by atoms with Crippen molar-refractivity contribution in [3.05, 3.63) is 461 Å². The van der Waals surface area contributed by atoms with Crippen LogP contribution in [0.2, 0.25) is 0 Å². The number of aromatic nitrogens is 6. The molecule has 0 aliphatic carbocycles. The molecule has 0 aliphatic heterocycles. The summed E-state index contributed by atoms with van der Waals surface area (Å²) >= 11 is 0. The Bertz CT molecular complexity index is 8890. The summed E-state index contributed by atoms with van der Waals surface area (Å²) in [5.41, 5.74) is 27.5. The summed E-state index contributed by atoms with van der Waals surface area (Å²) in [6, 6.07) is 90.5. The van der Waals surface area contributed by atoms with Crippen molar-refractivity contribution in [3.8, 4) is 34.1 Å². The standard InChI is InChI=1S/C21H16F3N.4C21H17F2N.C21H18FN/c1-11-4-6-17-14(8-11)15-9-12(2)5-7-18(15)25(17)21-16(22)10-13(3)19(23)20(21)24;1-12-4-7-17-15(10-12)16-11-13(2)5-8-18(16)24(17)19-9-6-14(3)20(22)21(19)23;1-12-4-6-20-16(8-12)17-9-13(2)5-7-21(17)24(20)15-10-18(22)14(3)19(23)11-15;1-12-4-6-19-15(8-12)16-9-13(2)5-7-20(16)24(19)21-11-17(22)14(3)10-18(21)23;1-12-4-6-19-15(8-12)16-9-13(2)5-7-20(16)24(19)21-17(22)10-14(3)11-18(21)23;1-13-4-8-20-17(10-13)18-11-14(2)5-9-21(18)23(20)16-7-6-15(3)19(22)12-16/h4-10H,1-3H3;4*4-11H,1-3H3;4-12H,1-3H3. The van der Waals surface area contributed by atoms with Crippen molar-refractivity contribution in [1.29, 1.82) is 0 Å². The zero-order valence-corrected chi connectivity index (χ0v) is 82.9. The smallest absolute Gasteiger partial charge is 0.186 e. The largest absolute Gasteiger partial charge is 0.309 e. The van der Waals surface area contributed by atoms with E-state index in [1.807, 2.05) is 219 Å². The van der Waals surface area contributed by atoms with Crippen LogP contribution in [-0.4, -0.2) is 27.4 Å². The van der Waals surface area contributed by atoms with Gasteiger partial charge in [-0.3, -0.25) is 0 Å². The van der Waals surface area contributed by atoms with Gasteiger partial charge in [-0.15, -0.1) is 0 Å². The second kappa shape index (κ2) is 38.1. The van der Waals surface area contributed by atoms with Crippen molar-refractivity contribution in [1.82, 2.24) is 27.4 Å². The molecule has 0 saturated heterocycles. The van der Waals surface area contributed by atoms with Gasteiger partial charge in [0.25, 0.3) is 0 Å². The maximum Gasteiger partial charge on any atom is 0.186 e. The fraction of sp³-hybridized carbons (Fsp3) is 0.143. The van der Waals surface area contributed by atoms with Crippen LogP contribution in [0.5, 0.6) is 0 Å². The van der Waals surface area contributed by atoms with E-state index in [4.69, 9.17) is 0 Å². The minimum absolute atomic E-state index is 0.0201. The van der Waals surface area contributed by atoms with Crippen LogP contribution in [0, 0.1) is 194 Å². The molecule has 6 aromatic heterocycles. The SMILES string of the molecule is Cc1cc(F)c(-n2c3ccc(C)cc3c3cc(C)ccc32)c(F)c1.Cc1ccc2c(c1)c1cc(C)ccc1n2-c1c(F)cc(C)c(F)c1F.Cc1ccc2c(c1)c1cc(C)ccc1n2-c1cc(F)c(C)c(F)c1.Cc1ccc2c(c1)c1cc(C)ccc1n2-c1cc(F)c(C)cc1F.Cc1ccc2c(c1)c1cc(C)ccc1n2-c1ccc(C)c(F)c1.Cc1ccc2c(c1)c1cc(C)ccc1n2-c1ccc(C)c(F)c1F. The molecule has 0 N–H and O–H groups in total. The highest BCUT2D eigenvalue weighted by Gasteiger charge is 2.28. The number of fused-ring (bicyclic) bond motifs is 18. The van der Waals surface area contributed by atoms with Crippen molar-refractivity contribution in [2.75, 3.05) is 0 Å². The Labute approximate surface area is 825 Å². The third-order valence-corrected chi connectivity index (χ3v) is 27.3. The Morgan fingerprint density at radius 2 is 0.382 bits per heavy atom. The van der Waals surface area contributed by atoms with Crippen molar-refractivity contribution < 1.29 is 52.7 Å². The van der Waals surface area contributed by atoms with E-state index < -0.39 is 64.0 Å². The Morgan fingerprint density at radius 3 is 0.694 bits per heavy atom. The maximum atomic E-state index is 14.7. The molecule has 24 rings (SSSR count). The number of benzene rings is 18. The molecule has 720 valence electrons. The molecule has 6 nitrogen and oxygen atoms in total. The fourth-order valence-corrected chi connectivity index (χ4v) is 20.0. The lowest BCUT2D eigenvalue weighted by atomic mass is 10.1. The molecular weight excluding hydrogens is 1830 g/mol. The van der Waals surface area contributed by atoms with E-state index in [0.29, 0.717) is 39.0 Å². The van der Waals surface area contributed by atoms with Gasteiger partial charge in [-0.2, -0.15) is 0 Å². The second-order valence-electron chi connectivity index (χ2n) is 38.5. The molecule has 0 atom stereocenters. The van der Waals surface area contributed by atoms with Gasteiger partial charge >= 0.3 is 0 Å². The quantitative estimate of drug-likeness (QED) is 0.117. The summed E-state index contributed by atoms with van der Waals surface area (Å²) in [4.78, 5) is 0. The van der Waals surface area contributed by atoms with Gasteiger partial charge in [0, 0.05) is 82.0 Å². The molecule has 0 saturated carbocycles. The number of halogens is 12. The minimum Gasteiger partial charge on any atom is -0.309 e. The van der Waals surface area contributed by atoms with Gasteiger partial charge in [0.15, 0.2) is 29.1 Å². The Morgan fingerprint density at radius 1 is 0.139 bits per heavy atom. The Hall–Kier alpha value is -16.1. The lowest BCUT2D eigenvalue weighted by Gasteiger charge is -2.12. The number of aryl methyl sites for hydroxylation is 17. The van der Waals surface area contributed by atoms with E-state index in [0.717, 1.165) is 176 Å². The zero-order valence-electron chi connectivity index (χ0n) is 82.9. The van der Waals surface area contributed by atoms with Gasteiger partial charge in [0.2, 0.25) is 0 Å². The topological polar surface area (TPSA) is 29.6 Å². The van der Waals surface area contributed by atoms with Gasteiger partial charge in [-0.1, -0.05) is 152 Å². The molecule has 0 fully saturated rings. The zero-order chi connectivity index (χ0) is 102. The molecule has 0 aliphatic rings. The van der Waals surface area contributed by atoms with Crippen LogP contribution in [0.4, 0.5) is 52.7 Å². The molecule has 0 amide bonds. The highest BCUT2D eigenvalue weighted by Crippen LogP contribution is 2.44. The van der Waals surface area contributed by atoms with Crippen LogP contribution in [0.1, 0.15) is 100 Å². The van der Waals surface area contributed by atoms with E-state index in [1.54, 1.807) is 59.6 Å². The van der Waals surface area contributed by atoms with Crippen molar-refractivity contribution in [3.63, 3.8) is 0 Å². The molecule has 0 bridgehead atoms. The molecule has 24 aromatic rings. The normalized spacial score (nSPS) is 11.5. The van der Waals surface area contributed by atoms with Crippen LogP contribution in [0.25, 0.3) is 165 Å². The molecule has 18 aromatic carbocycles. The number of rotatable bonds is 6. The fourth-order valence-electron chi connectivity index (χ4n) is 20.0. The average molecular weight is 1930 g/mol. The number of hydrogen-bond donors (Lipinski definition) is 0. The minimum atomic E-state index is -1.17. The molecular formula is C126H102F12N6. The van der Waals surface area contributed by atoms with E-state index in [-0.39, 0.29) is 39.7 Å². The predicted octanol–water partition coefficient (Wildman–Crippen LogP) is 35.9. The van der Waals surface area contributed by atoms with Crippen molar-refractivity contribution in [2.45, 2.75) is 125 Å². The first-order valence-electron chi connectivity index (χ1n) is 47.6. The maximum absolute atomic E-state index is 14.7. The van der Waals surface area contributed by atoms with Gasteiger partial charge in [-0.25, -0.2) is 52.7 Å². The van der Waals surface area contributed by atoms with Crippen LogP contribution < -0.4 is 0 Å². The summed E-state index contributed by atoms with van der Waals surface area (Å²) < 4.78 is 183. The van der Waals surface area contributed by atoms with Gasteiger partial charge in [-0.05, 0) is 353 Å². The summed E-state index contributed by atoms with van der Waals surface area (Å²) in [7, 11) is 0. The second-order valence-corrected chi connectivity index (χ2v) is 38.5. The van der Waals surface area contributed by atoms with E-state index in [9.17, 15) is 52.7 Å². The summed E-state index contributed by atoms with van der Waals surface area (Å²) in [6.45, 7) is 33.8. The summed E-state index contributed by atoms with van der Waals surface area (Å²) in [5.74, 6) is -7.72. The first-order chi connectivity index (χ1) is 68.7. The van der Waals surface area contributed by atoms with Crippen LogP contribution >= 0.6 is 0 Å². The molecule has 6 heterocycles. The summed E-state index contributed by atoms with van der Waals surface area (Å²) in [6.07, 6.45) is 0. The first-order valence-corrected chi connectivity index (χ1v) is 47.6. The molecule has 144 heavy (non-hydrogen) atoms. The first kappa shape index (κ1) is 96.8. The van der Waals surface area contributed by atoms with Crippen LogP contribution in [0.15, 0.2) is 291 Å². The van der Waals surface area contributed by atoms with E-state index in [2.05, 4.69) is 103 Å². The predicted molar refractivity (Wildman–Crippen MR) is 569 cm³/mol. The molecule has 0 spiro atoms. The van der Waals surface area contributed by atoms with Crippen molar-refractivity contribution in [2.24, 2.45) is 0 Å². The Balaban J connectivity index is 0.000000109. The number of hydrogen-bond acceptors (Lipinski definition) is 0. The highest BCUT2D eigenvalue weighted by atomic mass is 19.2. The van der Waals surface area contributed by atoms with Gasteiger partial charge < -0.3 is 27.4 Å². The Kier molecular flexibility index (Phi) is 25.6. The van der Waals surface area contributed by atoms with Gasteiger partial charge in [0.1, 0.15) is 52.1 Å². The molecule has 0 radical (unpaired) electrons. The monoisotopic (exact) mass is 1930 g/mol. The lowest BCUT2D eigenvalue weighted by Crippen LogP contribution is -2.05. The van der Waals surface area contributed by atoms with Crippen molar-refractivity contribution >= 4 is 131 Å². The lowest BCUT2D eigenvalue weighted by molar-refractivity contribution is 0.484. The van der Waals surface area contributed by atoms with E-state index >= 15 is 0 Å². The average Bonchev–Trinajstić information content (AvgIpc) is 1.25. The molecule has 0 unspecified atom stereocenters. The molecule has 18 heteroatoms. The third kappa shape index (κ3) is 17.6. The van der Waals surface area contributed by atoms with Gasteiger partial charge in [0.05, 0.1) is 83.3 Å². The van der Waals surface area contributed by atoms with Crippen LogP contribution in [-0.2, 0) is 0 Å². The van der Waals surface area contributed by atoms with Crippen LogP contribution in [0.3, 0.4) is 0 Å². The van der Waals surface area contributed by atoms with E-state index in [1.165, 1.54) is 76.7 Å². The number of nitrogens with zero attached hydrogens (tertiary/aromatic N) is 6. The third-order valence-electron chi connectivity index (χ3n) is 27.3.